The maximum absolute atomic E-state index is 13.6. The molecular formula is C14H22FNO. The van der Waals surface area contributed by atoms with Gasteiger partial charge < -0.3 is 10.5 Å². The first-order valence-corrected chi connectivity index (χ1v) is 6.33. The highest BCUT2D eigenvalue weighted by atomic mass is 19.1. The van der Waals surface area contributed by atoms with E-state index in [0.717, 1.165) is 18.4 Å². The normalized spacial score (nSPS) is 12.5. The van der Waals surface area contributed by atoms with Crippen LogP contribution < -0.4 is 10.5 Å². The van der Waals surface area contributed by atoms with E-state index in [9.17, 15) is 4.39 Å². The van der Waals surface area contributed by atoms with Crippen LogP contribution in [0, 0.1) is 5.82 Å². The molecule has 0 aliphatic heterocycles. The number of para-hydroxylation sites is 1. The summed E-state index contributed by atoms with van der Waals surface area (Å²) < 4.78 is 19.1. The number of ether oxygens (including phenoxy) is 1. The van der Waals surface area contributed by atoms with Crippen molar-refractivity contribution in [2.45, 2.75) is 45.6 Å². The predicted molar refractivity (Wildman–Crippen MR) is 68.6 cm³/mol. The molecule has 0 saturated carbocycles. The number of nitrogens with two attached hydrogens (primary N) is 1. The van der Waals surface area contributed by atoms with Crippen molar-refractivity contribution in [3.63, 3.8) is 0 Å². The Morgan fingerprint density at radius 2 is 2.06 bits per heavy atom. The lowest BCUT2D eigenvalue weighted by atomic mass is 10.1. The topological polar surface area (TPSA) is 35.2 Å². The fraction of sp³-hybridized carbons (Fsp3) is 0.571. The van der Waals surface area contributed by atoms with Crippen molar-refractivity contribution >= 4 is 0 Å². The van der Waals surface area contributed by atoms with E-state index in [1.165, 1.54) is 18.9 Å². The number of benzene rings is 1. The summed E-state index contributed by atoms with van der Waals surface area (Å²) in [6, 6.07) is 4.68. The third kappa shape index (κ3) is 4.35. The van der Waals surface area contributed by atoms with Crippen LogP contribution in [0.25, 0.3) is 0 Å². The molecule has 2 nitrogen and oxygen atoms in total. The maximum Gasteiger partial charge on any atom is 0.165 e. The molecule has 0 radical (unpaired) electrons. The van der Waals surface area contributed by atoms with E-state index in [1.807, 2.05) is 13.0 Å². The van der Waals surface area contributed by atoms with Gasteiger partial charge in [0.25, 0.3) is 0 Å². The van der Waals surface area contributed by atoms with Crippen molar-refractivity contribution in [3.8, 4) is 5.75 Å². The number of hydrogen-bond donors (Lipinski definition) is 1. The smallest absolute Gasteiger partial charge is 0.165 e. The highest BCUT2D eigenvalue weighted by molar-refractivity contribution is 5.36. The fourth-order valence-corrected chi connectivity index (χ4v) is 1.74. The van der Waals surface area contributed by atoms with Gasteiger partial charge in [-0.3, -0.25) is 0 Å². The Hall–Kier alpha value is -1.09. The quantitative estimate of drug-likeness (QED) is 0.734. The summed E-state index contributed by atoms with van der Waals surface area (Å²) >= 11 is 0. The van der Waals surface area contributed by atoms with Gasteiger partial charge in [-0.15, -0.1) is 0 Å². The van der Waals surface area contributed by atoms with E-state index in [-0.39, 0.29) is 11.9 Å². The molecule has 3 heteroatoms. The van der Waals surface area contributed by atoms with E-state index in [0.29, 0.717) is 12.4 Å². The van der Waals surface area contributed by atoms with Gasteiger partial charge in [-0.1, -0.05) is 38.3 Å². The molecule has 0 heterocycles. The van der Waals surface area contributed by atoms with Crippen molar-refractivity contribution in [2.24, 2.45) is 5.73 Å². The zero-order valence-corrected chi connectivity index (χ0v) is 10.7. The van der Waals surface area contributed by atoms with Gasteiger partial charge in [-0.2, -0.15) is 0 Å². The van der Waals surface area contributed by atoms with Gasteiger partial charge in [0.05, 0.1) is 6.61 Å². The van der Waals surface area contributed by atoms with Crippen molar-refractivity contribution in [1.82, 2.24) is 0 Å². The molecule has 0 aliphatic carbocycles. The molecule has 17 heavy (non-hydrogen) atoms. The highest BCUT2D eigenvalue weighted by Crippen LogP contribution is 2.27. The summed E-state index contributed by atoms with van der Waals surface area (Å²) in [4.78, 5) is 0. The lowest BCUT2D eigenvalue weighted by Gasteiger charge is -2.14. The minimum absolute atomic E-state index is 0.212. The molecule has 0 amide bonds. The second-order valence-corrected chi connectivity index (χ2v) is 4.36. The Labute approximate surface area is 103 Å². The summed E-state index contributed by atoms with van der Waals surface area (Å²) in [5.74, 6) is -0.00529. The molecule has 0 aliphatic rings. The van der Waals surface area contributed by atoms with E-state index >= 15 is 0 Å². The van der Waals surface area contributed by atoms with Crippen molar-refractivity contribution in [2.75, 3.05) is 6.61 Å². The van der Waals surface area contributed by atoms with E-state index in [2.05, 4.69) is 6.92 Å². The minimum Gasteiger partial charge on any atom is -0.490 e. The van der Waals surface area contributed by atoms with Crippen LogP contribution in [0.15, 0.2) is 18.2 Å². The second-order valence-electron chi connectivity index (χ2n) is 4.36. The first kappa shape index (κ1) is 14.0. The van der Waals surface area contributed by atoms with Crippen LogP contribution in [0.5, 0.6) is 5.75 Å². The lowest BCUT2D eigenvalue weighted by molar-refractivity contribution is 0.286. The van der Waals surface area contributed by atoms with Gasteiger partial charge in [0.1, 0.15) is 0 Å². The predicted octanol–water partition coefficient (Wildman–Crippen LogP) is 3.80. The zero-order valence-electron chi connectivity index (χ0n) is 10.7. The average Bonchev–Trinajstić information content (AvgIpc) is 2.30. The molecule has 0 aromatic heterocycles. The number of unbranched alkanes of at least 4 members (excludes halogenated alkanes) is 3. The Morgan fingerprint density at radius 1 is 1.29 bits per heavy atom. The molecule has 96 valence electrons. The number of rotatable bonds is 7. The van der Waals surface area contributed by atoms with Gasteiger partial charge in [-0.25, -0.2) is 4.39 Å². The van der Waals surface area contributed by atoms with Crippen LogP contribution in [0.2, 0.25) is 0 Å². The van der Waals surface area contributed by atoms with E-state index < -0.39 is 0 Å². The minimum atomic E-state index is -0.324. The fourth-order valence-electron chi connectivity index (χ4n) is 1.74. The SMILES string of the molecule is CCCCCCOc1c(F)cccc1[C@@H](C)N. The van der Waals surface area contributed by atoms with E-state index in [1.54, 1.807) is 6.07 Å². The third-order valence-electron chi connectivity index (χ3n) is 2.73. The summed E-state index contributed by atoms with van der Waals surface area (Å²) in [5, 5.41) is 0. The molecule has 0 fully saturated rings. The second kappa shape index (κ2) is 7.28. The summed E-state index contributed by atoms with van der Waals surface area (Å²) in [7, 11) is 0. The van der Waals surface area contributed by atoms with Crippen LogP contribution in [-0.4, -0.2) is 6.61 Å². The van der Waals surface area contributed by atoms with Crippen LogP contribution in [0.1, 0.15) is 51.1 Å². The Bertz CT molecular complexity index is 339. The van der Waals surface area contributed by atoms with Crippen LogP contribution >= 0.6 is 0 Å². The summed E-state index contributed by atoms with van der Waals surface area (Å²) in [5.41, 5.74) is 6.53. The number of hydrogen-bond acceptors (Lipinski definition) is 2. The molecule has 0 bridgehead atoms. The molecule has 0 saturated heterocycles. The maximum atomic E-state index is 13.6. The van der Waals surface area contributed by atoms with Crippen molar-refractivity contribution in [3.05, 3.63) is 29.6 Å². The largest absolute Gasteiger partial charge is 0.490 e. The molecule has 1 rings (SSSR count). The molecule has 2 N–H and O–H groups in total. The standard InChI is InChI=1S/C14H22FNO/c1-3-4-5-6-10-17-14-12(11(2)16)8-7-9-13(14)15/h7-9,11H,3-6,10,16H2,1-2H3/t11-/m1/s1. The Morgan fingerprint density at radius 3 is 2.71 bits per heavy atom. The zero-order chi connectivity index (χ0) is 12.7. The van der Waals surface area contributed by atoms with Gasteiger partial charge in [-0.05, 0) is 19.4 Å². The summed E-state index contributed by atoms with van der Waals surface area (Å²) in [6.45, 7) is 4.55. The molecule has 1 aromatic carbocycles. The molecule has 0 unspecified atom stereocenters. The monoisotopic (exact) mass is 239 g/mol. The lowest BCUT2D eigenvalue weighted by Crippen LogP contribution is -2.10. The van der Waals surface area contributed by atoms with Gasteiger partial charge in [0.2, 0.25) is 0 Å². The Balaban J connectivity index is 2.57. The summed E-state index contributed by atoms with van der Waals surface area (Å²) in [6.07, 6.45) is 4.46. The Kier molecular flexibility index (Phi) is 5.98. The molecular weight excluding hydrogens is 217 g/mol. The van der Waals surface area contributed by atoms with E-state index in [4.69, 9.17) is 10.5 Å². The molecule has 1 aromatic rings. The molecule has 1 atom stereocenters. The van der Waals surface area contributed by atoms with Gasteiger partial charge in [0, 0.05) is 11.6 Å². The van der Waals surface area contributed by atoms with Crippen molar-refractivity contribution in [1.29, 1.82) is 0 Å². The molecule has 0 spiro atoms. The highest BCUT2D eigenvalue weighted by Gasteiger charge is 2.12. The number of halogens is 1. The van der Waals surface area contributed by atoms with Crippen LogP contribution in [-0.2, 0) is 0 Å². The van der Waals surface area contributed by atoms with Gasteiger partial charge >= 0.3 is 0 Å². The van der Waals surface area contributed by atoms with Crippen LogP contribution in [0.4, 0.5) is 4.39 Å². The van der Waals surface area contributed by atoms with Gasteiger partial charge in [0.15, 0.2) is 11.6 Å². The van der Waals surface area contributed by atoms with Crippen LogP contribution in [0.3, 0.4) is 0 Å². The van der Waals surface area contributed by atoms with Crippen molar-refractivity contribution < 1.29 is 9.13 Å². The third-order valence-corrected chi connectivity index (χ3v) is 2.73. The first-order valence-electron chi connectivity index (χ1n) is 6.33. The first-order chi connectivity index (χ1) is 8.16. The average molecular weight is 239 g/mol.